The van der Waals surface area contributed by atoms with Gasteiger partial charge < -0.3 is 20.1 Å². The summed E-state index contributed by atoms with van der Waals surface area (Å²) in [6.07, 6.45) is 0. The lowest BCUT2D eigenvalue weighted by Gasteiger charge is -2.23. The van der Waals surface area contributed by atoms with Crippen molar-refractivity contribution in [2.24, 2.45) is 0 Å². The van der Waals surface area contributed by atoms with Crippen LogP contribution in [0.5, 0.6) is 0 Å². The highest BCUT2D eigenvalue weighted by Gasteiger charge is 2.17. The molecule has 0 atom stereocenters. The van der Waals surface area contributed by atoms with Crippen LogP contribution in [0.2, 0.25) is 0 Å². The SMILES string of the molecule is COCCN(CCOC)C(=O)c1cc(N)ccc1C.Cl. The third-order valence-electron chi connectivity index (χ3n) is 2.91. The van der Waals surface area contributed by atoms with Crippen LogP contribution in [0.3, 0.4) is 0 Å². The lowest BCUT2D eigenvalue weighted by molar-refractivity contribution is 0.0626. The van der Waals surface area contributed by atoms with Crippen LogP contribution < -0.4 is 5.73 Å². The summed E-state index contributed by atoms with van der Waals surface area (Å²) >= 11 is 0. The Morgan fingerprint density at radius 1 is 1.20 bits per heavy atom. The first-order chi connectivity index (χ1) is 9.10. The van der Waals surface area contributed by atoms with Crippen molar-refractivity contribution < 1.29 is 14.3 Å². The maximum Gasteiger partial charge on any atom is 0.254 e. The Bertz CT molecular complexity index is 419. The number of anilines is 1. The largest absolute Gasteiger partial charge is 0.399 e. The fourth-order valence-electron chi connectivity index (χ4n) is 1.76. The molecule has 0 fully saturated rings. The monoisotopic (exact) mass is 302 g/mol. The number of halogens is 1. The molecule has 1 aromatic carbocycles. The number of nitrogen functional groups attached to an aromatic ring is 1. The smallest absolute Gasteiger partial charge is 0.254 e. The topological polar surface area (TPSA) is 64.8 Å². The molecule has 0 aromatic heterocycles. The molecule has 0 saturated carbocycles. The lowest BCUT2D eigenvalue weighted by Crippen LogP contribution is -2.36. The van der Waals surface area contributed by atoms with E-state index < -0.39 is 0 Å². The van der Waals surface area contributed by atoms with Crippen molar-refractivity contribution in [3.05, 3.63) is 29.3 Å². The first kappa shape index (κ1) is 18.7. The number of nitrogens with zero attached hydrogens (tertiary/aromatic N) is 1. The first-order valence-corrected chi connectivity index (χ1v) is 6.23. The van der Waals surface area contributed by atoms with Gasteiger partial charge in [-0.15, -0.1) is 12.4 Å². The average molecular weight is 303 g/mol. The minimum absolute atomic E-state index is 0. The Balaban J connectivity index is 0.00000361. The van der Waals surface area contributed by atoms with Crippen molar-refractivity contribution >= 4 is 24.0 Å². The Kier molecular flexibility index (Phi) is 8.96. The summed E-state index contributed by atoms with van der Waals surface area (Å²) in [5.74, 6) is -0.0427. The Morgan fingerprint density at radius 2 is 1.75 bits per heavy atom. The zero-order valence-electron chi connectivity index (χ0n) is 12.2. The Labute approximate surface area is 126 Å². The fraction of sp³-hybridized carbons (Fsp3) is 0.500. The molecule has 6 heteroatoms. The molecular weight excluding hydrogens is 280 g/mol. The highest BCUT2D eigenvalue weighted by atomic mass is 35.5. The predicted molar refractivity (Wildman–Crippen MR) is 82.5 cm³/mol. The van der Waals surface area contributed by atoms with Crippen molar-refractivity contribution in [1.82, 2.24) is 4.90 Å². The summed E-state index contributed by atoms with van der Waals surface area (Å²) in [7, 11) is 3.23. The van der Waals surface area contributed by atoms with Crippen LogP contribution in [0.1, 0.15) is 15.9 Å². The molecule has 0 saturated heterocycles. The van der Waals surface area contributed by atoms with Gasteiger partial charge in [0.15, 0.2) is 0 Å². The van der Waals surface area contributed by atoms with Gasteiger partial charge in [-0.1, -0.05) is 6.07 Å². The van der Waals surface area contributed by atoms with Gasteiger partial charge in [0, 0.05) is 38.6 Å². The molecule has 0 aliphatic carbocycles. The highest BCUT2D eigenvalue weighted by Crippen LogP contribution is 2.15. The molecule has 1 aromatic rings. The number of rotatable bonds is 7. The minimum atomic E-state index is -0.0427. The second kappa shape index (κ2) is 9.58. The lowest BCUT2D eigenvalue weighted by atomic mass is 10.1. The van der Waals surface area contributed by atoms with E-state index in [1.807, 2.05) is 13.0 Å². The van der Waals surface area contributed by atoms with Gasteiger partial charge in [0.25, 0.3) is 5.91 Å². The van der Waals surface area contributed by atoms with Gasteiger partial charge in [-0.2, -0.15) is 0 Å². The number of benzene rings is 1. The molecule has 114 valence electrons. The maximum atomic E-state index is 12.5. The van der Waals surface area contributed by atoms with Gasteiger partial charge in [-0.3, -0.25) is 4.79 Å². The van der Waals surface area contributed by atoms with E-state index in [1.165, 1.54) is 0 Å². The molecule has 1 amide bonds. The van der Waals surface area contributed by atoms with Gasteiger partial charge >= 0.3 is 0 Å². The standard InChI is InChI=1S/C14H22N2O3.ClH/c1-11-4-5-12(15)10-13(11)14(17)16(6-8-18-2)7-9-19-3;/h4-5,10H,6-9,15H2,1-3H3;1H. The zero-order valence-corrected chi connectivity index (χ0v) is 13.0. The van der Waals surface area contributed by atoms with Crippen LogP contribution in [-0.4, -0.2) is 51.3 Å². The summed E-state index contributed by atoms with van der Waals surface area (Å²) in [4.78, 5) is 14.2. The van der Waals surface area contributed by atoms with Crippen LogP contribution in [-0.2, 0) is 9.47 Å². The molecule has 20 heavy (non-hydrogen) atoms. The van der Waals surface area contributed by atoms with Crippen LogP contribution >= 0.6 is 12.4 Å². The summed E-state index contributed by atoms with van der Waals surface area (Å²) in [5.41, 5.74) is 7.88. The molecule has 0 spiro atoms. The second-order valence-corrected chi connectivity index (χ2v) is 4.35. The summed E-state index contributed by atoms with van der Waals surface area (Å²) in [5, 5.41) is 0. The zero-order chi connectivity index (χ0) is 14.3. The van der Waals surface area contributed by atoms with E-state index in [4.69, 9.17) is 15.2 Å². The fourth-order valence-corrected chi connectivity index (χ4v) is 1.76. The normalized spacial score (nSPS) is 9.95. The third kappa shape index (κ3) is 5.36. The van der Waals surface area contributed by atoms with E-state index in [0.29, 0.717) is 37.6 Å². The molecular formula is C14H23ClN2O3. The van der Waals surface area contributed by atoms with E-state index in [2.05, 4.69) is 0 Å². The molecule has 0 bridgehead atoms. The number of carbonyl (C=O) groups excluding carboxylic acids is 1. The van der Waals surface area contributed by atoms with Crippen molar-refractivity contribution in [3.8, 4) is 0 Å². The number of nitrogens with two attached hydrogens (primary N) is 1. The van der Waals surface area contributed by atoms with Crippen LogP contribution in [0.25, 0.3) is 0 Å². The third-order valence-corrected chi connectivity index (χ3v) is 2.91. The molecule has 0 aliphatic rings. The Hall–Kier alpha value is -1.30. The van der Waals surface area contributed by atoms with Gasteiger partial charge in [0.2, 0.25) is 0 Å². The molecule has 0 radical (unpaired) electrons. The van der Waals surface area contributed by atoms with Crippen LogP contribution in [0.15, 0.2) is 18.2 Å². The molecule has 0 heterocycles. The van der Waals surface area contributed by atoms with Crippen LogP contribution in [0.4, 0.5) is 5.69 Å². The van der Waals surface area contributed by atoms with Crippen molar-refractivity contribution in [3.63, 3.8) is 0 Å². The van der Waals surface area contributed by atoms with Crippen molar-refractivity contribution in [1.29, 1.82) is 0 Å². The Morgan fingerprint density at radius 3 is 2.25 bits per heavy atom. The molecule has 1 rings (SSSR count). The van der Waals surface area contributed by atoms with E-state index in [0.717, 1.165) is 5.56 Å². The van der Waals surface area contributed by atoms with E-state index in [1.54, 1.807) is 31.3 Å². The average Bonchev–Trinajstić information content (AvgIpc) is 2.41. The van der Waals surface area contributed by atoms with Crippen LogP contribution in [0, 0.1) is 6.92 Å². The molecule has 0 unspecified atom stereocenters. The minimum Gasteiger partial charge on any atom is -0.399 e. The van der Waals surface area contributed by atoms with Gasteiger partial charge in [-0.25, -0.2) is 0 Å². The number of amides is 1. The maximum absolute atomic E-state index is 12.5. The summed E-state index contributed by atoms with van der Waals surface area (Å²) in [6, 6.07) is 5.36. The van der Waals surface area contributed by atoms with Gasteiger partial charge in [-0.05, 0) is 24.6 Å². The predicted octanol–water partition coefficient (Wildman–Crippen LogP) is 1.73. The van der Waals surface area contributed by atoms with E-state index in [-0.39, 0.29) is 18.3 Å². The quantitative estimate of drug-likeness (QED) is 0.779. The summed E-state index contributed by atoms with van der Waals surface area (Å²) in [6.45, 7) is 3.96. The number of aryl methyl sites for hydroxylation is 1. The first-order valence-electron chi connectivity index (χ1n) is 6.23. The van der Waals surface area contributed by atoms with E-state index >= 15 is 0 Å². The number of ether oxygens (including phenoxy) is 2. The molecule has 5 nitrogen and oxygen atoms in total. The van der Waals surface area contributed by atoms with E-state index in [9.17, 15) is 4.79 Å². The van der Waals surface area contributed by atoms with Gasteiger partial charge in [0.1, 0.15) is 0 Å². The summed E-state index contributed by atoms with van der Waals surface area (Å²) < 4.78 is 10.1. The van der Waals surface area contributed by atoms with Gasteiger partial charge in [0.05, 0.1) is 13.2 Å². The number of methoxy groups -OCH3 is 2. The molecule has 0 aliphatic heterocycles. The number of carbonyl (C=O) groups is 1. The van der Waals surface area contributed by atoms with Crippen molar-refractivity contribution in [2.75, 3.05) is 46.3 Å². The molecule has 2 N–H and O–H groups in total. The van der Waals surface area contributed by atoms with Crippen molar-refractivity contribution in [2.45, 2.75) is 6.92 Å². The second-order valence-electron chi connectivity index (χ2n) is 4.35. The number of hydrogen-bond donors (Lipinski definition) is 1. The number of hydrogen-bond acceptors (Lipinski definition) is 4. The highest BCUT2D eigenvalue weighted by molar-refractivity contribution is 5.96.